The average Bonchev–Trinajstić information content (AvgIpc) is 2.50. The number of ether oxygens (including phenoxy) is 1. The van der Waals surface area contributed by atoms with Crippen LogP contribution in [0.25, 0.3) is 0 Å². The third kappa shape index (κ3) is 9.06. The highest BCUT2D eigenvalue weighted by Gasteiger charge is 1.97. The van der Waals surface area contributed by atoms with E-state index in [2.05, 4.69) is 46.8 Å². The van der Waals surface area contributed by atoms with Crippen LogP contribution in [0.1, 0.15) is 54.5 Å². The molecule has 0 atom stereocenters. The van der Waals surface area contributed by atoms with Crippen molar-refractivity contribution in [2.45, 2.75) is 53.9 Å². The van der Waals surface area contributed by atoms with Gasteiger partial charge in [0.05, 0.1) is 0 Å². The number of hydrogen-bond acceptors (Lipinski definition) is 2. The van der Waals surface area contributed by atoms with Gasteiger partial charge in [0, 0.05) is 13.2 Å². The zero-order chi connectivity index (χ0) is 16.8. The fraction of sp³-hybridized carbons (Fsp3) is 0.400. The second-order valence-corrected chi connectivity index (χ2v) is 5.09. The van der Waals surface area contributed by atoms with Crippen molar-refractivity contribution in [1.82, 2.24) is 0 Å². The van der Waals surface area contributed by atoms with Gasteiger partial charge in [-0.2, -0.15) is 0 Å². The summed E-state index contributed by atoms with van der Waals surface area (Å²) in [6, 6.07) is 15.5. The van der Waals surface area contributed by atoms with Crippen molar-refractivity contribution in [3.63, 3.8) is 0 Å². The maximum Gasteiger partial charge on any atom is 0.129 e. The molecule has 2 aromatic rings. The van der Waals surface area contributed by atoms with E-state index in [4.69, 9.17) is 10.5 Å². The minimum Gasteiger partial charge on any atom is -0.457 e. The molecule has 0 aromatic heterocycles. The van der Waals surface area contributed by atoms with Gasteiger partial charge in [-0.3, -0.25) is 0 Å². The van der Waals surface area contributed by atoms with Gasteiger partial charge in [0.1, 0.15) is 11.5 Å². The molecule has 0 spiro atoms. The fourth-order valence-electron chi connectivity index (χ4n) is 1.51. The Morgan fingerprint density at radius 3 is 1.82 bits per heavy atom. The third-order valence-corrected chi connectivity index (χ3v) is 2.43. The minimum atomic E-state index is 0. The highest BCUT2D eigenvalue weighted by atomic mass is 16.5. The minimum absolute atomic E-state index is 0. The Balaban J connectivity index is 0. The van der Waals surface area contributed by atoms with E-state index >= 15 is 0 Å². The number of nitrogen functional groups attached to an aromatic ring is 1. The molecule has 0 saturated heterocycles. The molecular weight excluding hydrogens is 270 g/mol. The molecule has 0 saturated carbocycles. The second kappa shape index (κ2) is 12.8. The molecular formula is C20H33NO. The largest absolute Gasteiger partial charge is 0.457 e. The van der Waals surface area contributed by atoms with Gasteiger partial charge >= 0.3 is 0 Å². The smallest absolute Gasteiger partial charge is 0.129 e. The molecule has 0 radical (unpaired) electrons. The highest BCUT2D eigenvalue weighted by Crippen LogP contribution is 2.23. The Bertz CT molecular complexity index is 495. The highest BCUT2D eigenvalue weighted by molar-refractivity contribution is 5.45. The molecule has 22 heavy (non-hydrogen) atoms. The van der Waals surface area contributed by atoms with Crippen LogP contribution in [-0.4, -0.2) is 0 Å². The molecule has 0 heterocycles. The Kier molecular flexibility index (Phi) is 11.6. The van der Waals surface area contributed by atoms with Crippen LogP contribution in [0.15, 0.2) is 48.5 Å². The van der Waals surface area contributed by atoms with Crippen LogP contribution in [0, 0.1) is 0 Å². The van der Waals surface area contributed by atoms with E-state index in [0.717, 1.165) is 17.9 Å². The lowest BCUT2D eigenvalue weighted by atomic mass is 10.2. The average molecular weight is 303 g/mol. The molecule has 2 nitrogen and oxygen atoms in total. The summed E-state index contributed by atoms with van der Waals surface area (Å²) >= 11 is 0. The van der Waals surface area contributed by atoms with Gasteiger partial charge in [-0.1, -0.05) is 65.7 Å². The SMILES string of the molecule is CCC.CCC.CCc1ccc(Oc2cccc(N)c2)cc1.[HH]. The van der Waals surface area contributed by atoms with Gasteiger partial charge in [-0.25, -0.2) is 0 Å². The molecule has 0 unspecified atom stereocenters. The van der Waals surface area contributed by atoms with Crippen LogP contribution in [0.2, 0.25) is 0 Å². The molecule has 0 bridgehead atoms. The molecule has 0 aliphatic rings. The van der Waals surface area contributed by atoms with E-state index < -0.39 is 0 Å². The van der Waals surface area contributed by atoms with Crippen LogP contribution >= 0.6 is 0 Å². The number of hydrogen-bond donors (Lipinski definition) is 1. The van der Waals surface area contributed by atoms with Gasteiger partial charge in [0.25, 0.3) is 0 Å². The predicted octanol–water partition coefficient (Wildman–Crippen LogP) is 6.70. The molecule has 0 aliphatic heterocycles. The lowest BCUT2D eigenvalue weighted by Crippen LogP contribution is -1.88. The van der Waals surface area contributed by atoms with Gasteiger partial charge in [0.2, 0.25) is 0 Å². The topological polar surface area (TPSA) is 35.2 Å². The Labute approximate surface area is 137 Å². The monoisotopic (exact) mass is 303 g/mol. The first-order valence-electron chi connectivity index (χ1n) is 8.23. The summed E-state index contributed by atoms with van der Waals surface area (Å²) < 4.78 is 5.68. The summed E-state index contributed by atoms with van der Waals surface area (Å²) in [7, 11) is 0. The lowest BCUT2D eigenvalue weighted by molar-refractivity contribution is 0.483. The molecule has 2 N–H and O–H groups in total. The van der Waals surface area contributed by atoms with Crippen molar-refractivity contribution < 1.29 is 6.16 Å². The van der Waals surface area contributed by atoms with E-state index in [1.54, 1.807) is 0 Å². The number of aryl methyl sites for hydroxylation is 1. The van der Waals surface area contributed by atoms with Crippen LogP contribution in [0.5, 0.6) is 11.5 Å². The maximum absolute atomic E-state index is 5.68. The summed E-state index contributed by atoms with van der Waals surface area (Å²) in [5.74, 6) is 1.60. The quantitative estimate of drug-likeness (QED) is 0.640. The molecule has 2 heteroatoms. The molecule has 124 valence electrons. The van der Waals surface area contributed by atoms with E-state index in [1.165, 1.54) is 18.4 Å². The number of benzene rings is 2. The summed E-state index contributed by atoms with van der Waals surface area (Å²) in [4.78, 5) is 0. The summed E-state index contributed by atoms with van der Waals surface area (Å²) in [5, 5.41) is 0. The van der Waals surface area contributed by atoms with Crippen molar-refractivity contribution in [2.24, 2.45) is 0 Å². The maximum atomic E-state index is 5.68. The molecule has 0 aliphatic carbocycles. The van der Waals surface area contributed by atoms with E-state index in [0.29, 0.717) is 5.69 Å². The van der Waals surface area contributed by atoms with Crippen molar-refractivity contribution in [1.29, 1.82) is 0 Å². The second-order valence-electron chi connectivity index (χ2n) is 5.09. The van der Waals surface area contributed by atoms with Crippen LogP contribution in [0.3, 0.4) is 0 Å². The molecule has 2 rings (SSSR count). The van der Waals surface area contributed by atoms with Crippen LogP contribution in [0.4, 0.5) is 5.69 Å². The van der Waals surface area contributed by atoms with Crippen molar-refractivity contribution in [3.8, 4) is 11.5 Å². The molecule has 0 amide bonds. The van der Waals surface area contributed by atoms with E-state index in [9.17, 15) is 0 Å². The Morgan fingerprint density at radius 1 is 0.818 bits per heavy atom. The predicted molar refractivity (Wildman–Crippen MR) is 101 cm³/mol. The Hall–Kier alpha value is -1.96. The van der Waals surface area contributed by atoms with Crippen LogP contribution in [-0.2, 0) is 6.42 Å². The van der Waals surface area contributed by atoms with Gasteiger partial charge in [-0.15, -0.1) is 0 Å². The van der Waals surface area contributed by atoms with E-state index in [1.807, 2.05) is 36.4 Å². The Morgan fingerprint density at radius 2 is 1.36 bits per heavy atom. The molecule has 0 fully saturated rings. The van der Waals surface area contributed by atoms with Gasteiger partial charge in [-0.05, 0) is 36.2 Å². The van der Waals surface area contributed by atoms with Gasteiger partial charge < -0.3 is 10.5 Å². The third-order valence-electron chi connectivity index (χ3n) is 2.43. The van der Waals surface area contributed by atoms with Crippen molar-refractivity contribution in [3.05, 3.63) is 54.1 Å². The summed E-state index contributed by atoms with van der Waals surface area (Å²) in [5.41, 5.74) is 7.69. The standard InChI is InChI=1S/C14H15NO.2C3H8.H2/c1-2-11-6-8-13(9-7-11)16-14-5-3-4-12(15)10-14;2*1-3-2;/h3-10H,2,15H2,1H3;2*3H2,1-2H3;1H. The van der Waals surface area contributed by atoms with Crippen LogP contribution < -0.4 is 10.5 Å². The summed E-state index contributed by atoms with van der Waals surface area (Å²) in [6.07, 6.45) is 3.54. The lowest BCUT2D eigenvalue weighted by Gasteiger charge is -2.06. The summed E-state index contributed by atoms with van der Waals surface area (Å²) in [6.45, 7) is 10.6. The van der Waals surface area contributed by atoms with E-state index in [-0.39, 0.29) is 1.43 Å². The number of rotatable bonds is 3. The zero-order valence-electron chi connectivity index (χ0n) is 14.7. The fourth-order valence-corrected chi connectivity index (χ4v) is 1.51. The molecule has 2 aromatic carbocycles. The zero-order valence-corrected chi connectivity index (χ0v) is 14.7. The first-order chi connectivity index (χ1) is 10.6. The van der Waals surface area contributed by atoms with Gasteiger partial charge in [0.15, 0.2) is 0 Å². The van der Waals surface area contributed by atoms with Crippen molar-refractivity contribution >= 4 is 5.69 Å². The number of nitrogens with two attached hydrogens (primary N) is 1. The first-order valence-corrected chi connectivity index (χ1v) is 8.23. The first kappa shape index (κ1) is 20.0. The van der Waals surface area contributed by atoms with Crippen molar-refractivity contribution in [2.75, 3.05) is 5.73 Å². The normalized spacial score (nSPS) is 8.95. The number of anilines is 1.